The molecular weight excluding hydrogens is 222 g/mol. The highest BCUT2D eigenvalue weighted by Gasteiger charge is 2.03. The molecule has 2 heteroatoms. The smallest absolute Gasteiger partial charge is 0.119 e. The summed E-state index contributed by atoms with van der Waals surface area (Å²) in [7, 11) is 0. The molecular formula is C16H27NO. The summed E-state index contributed by atoms with van der Waals surface area (Å²) in [5, 5.41) is 3.55. The fraction of sp³-hybridized carbons (Fsp3) is 0.625. The maximum atomic E-state index is 5.64. The van der Waals surface area contributed by atoms with E-state index in [2.05, 4.69) is 43.4 Å². The highest BCUT2D eigenvalue weighted by atomic mass is 16.5. The van der Waals surface area contributed by atoms with Gasteiger partial charge in [-0.25, -0.2) is 0 Å². The van der Waals surface area contributed by atoms with Crippen LogP contribution in [0.15, 0.2) is 24.3 Å². The lowest BCUT2D eigenvalue weighted by Crippen LogP contribution is -2.28. The summed E-state index contributed by atoms with van der Waals surface area (Å²) >= 11 is 0. The molecule has 0 saturated carbocycles. The van der Waals surface area contributed by atoms with E-state index in [1.165, 1.54) is 18.4 Å². The first-order valence-corrected chi connectivity index (χ1v) is 7.10. The Balaban J connectivity index is 2.38. The van der Waals surface area contributed by atoms with Crippen LogP contribution >= 0.6 is 0 Å². The topological polar surface area (TPSA) is 21.3 Å². The molecule has 0 aromatic heterocycles. The van der Waals surface area contributed by atoms with Crippen molar-refractivity contribution in [3.8, 4) is 5.75 Å². The van der Waals surface area contributed by atoms with Gasteiger partial charge < -0.3 is 10.1 Å². The highest BCUT2D eigenvalue weighted by Crippen LogP contribution is 2.14. The van der Waals surface area contributed by atoms with Gasteiger partial charge in [-0.15, -0.1) is 0 Å². The maximum Gasteiger partial charge on any atom is 0.119 e. The number of ether oxygens (including phenoxy) is 1. The Morgan fingerprint density at radius 3 is 2.33 bits per heavy atom. The van der Waals surface area contributed by atoms with Crippen LogP contribution in [0.2, 0.25) is 0 Å². The zero-order valence-corrected chi connectivity index (χ0v) is 12.2. The molecule has 0 amide bonds. The number of benzene rings is 1. The van der Waals surface area contributed by atoms with Gasteiger partial charge in [0.25, 0.3) is 0 Å². The number of unbranched alkanes of at least 4 members (excludes halogenated alkanes) is 1. The Labute approximate surface area is 112 Å². The van der Waals surface area contributed by atoms with Crippen LogP contribution in [0.5, 0.6) is 5.75 Å². The van der Waals surface area contributed by atoms with E-state index >= 15 is 0 Å². The molecule has 18 heavy (non-hydrogen) atoms. The van der Waals surface area contributed by atoms with Crippen LogP contribution in [-0.2, 0) is 6.42 Å². The average Bonchev–Trinajstić information content (AvgIpc) is 2.31. The summed E-state index contributed by atoms with van der Waals surface area (Å²) in [6.45, 7) is 9.68. The van der Waals surface area contributed by atoms with Crippen molar-refractivity contribution in [1.82, 2.24) is 5.32 Å². The van der Waals surface area contributed by atoms with E-state index < -0.39 is 0 Å². The predicted molar refractivity (Wildman–Crippen MR) is 78.3 cm³/mol. The second-order valence-corrected chi connectivity index (χ2v) is 5.22. The molecule has 0 spiro atoms. The Morgan fingerprint density at radius 1 is 1.11 bits per heavy atom. The minimum Gasteiger partial charge on any atom is -0.491 e. The number of hydrogen-bond donors (Lipinski definition) is 1. The third-order valence-corrected chi connectivity index (χ3v) is 2.86. The fourth-order valence-corrected chi connectivity index (χ4v) is 1.93. The van der Waals surface area contributed by atoms with Crippen molar-refractivity contribution in [2.75, 3.05) is 6.54 Å². The van der Waals surface area contributed by atoms with Crippen LogP contribution in [0, 0.1) is 0 Å². The van der Waals surface area contributed by atoms with Crippen LogP contribution in [0.25, 0.3) is 0 Å². The van der Waals surface area contributed by atoms with Crippen LogP contribution in [0.1, 0.15) is 46.1 Å². The van der Waals surface area contributed by atoms with Crippen molar-refractivity contribution in [1.29, 1.82) is 0 Å². The first-order valence-electron chi connectivity index (χ1n) is 7.10. The van der Waals surface area contributed by atoms with Gasteiger partial charge in [0.05, 0.1) is 6.10 Å². The van der Waals surface area contributed by atoms with Crippen LogP contribution in [0.3, 0.4) is 0 Å². The number of hydrogen-bond acceptors (Lipinski definition) is 2. The van der Waals surface area contributed by atoms with Crippen molar-refractivity contribution in [3.63, 3.8) is 0 Å². The van der Waals surface area contributed by atoms with Gasteiger partial charge in [0.1, 0.15) is 5.75 Å². The van der Waals surface area contributed by atoms with E-state index in [4.69, 9.17) is 4.74 Å². The van der Waals surface area contributed by atoms with Gasteiger partial charge in [-0.05, 0) is 57.9 Å². The SMILES string of the molecule is CCCCNC(C)Cc1ccc(OC(C)C)cc1. The molecule has 102 valence electrons. The first-order chi connectivity index (χ1) is 8.61. The summed E-state index contributed by atoms with van der Waals surface area (Å²) in [6.07, 6.45) is 3.82. The molecule has 1 atom stereocenters. The molecule has 1 aromatic carbocycles. The van der Waals surface area contributed by atoms with Crippen LogP contribution < -0.4 is 10.1 Å². The van der Waals surface area contributed by atoms with Crippen molar-refractivity contribution in [3.05, 3.63) is 29.8 Å². The molecule has 0 aliphatic rings. The third-order valence-electron chi connectivity index (χ3n) is 2.86. The van der Waals surface area contributed by atoms with E-state index in [0.717, 1.165) is 18.7 Å². The summed E-state index contributed by atoms with van der Waals surface area (Å²) in [6, 6.07) is 8.99. The summed E-state index contributed by atoms with van der Waals surface area (Å²) in [5.41, 5.74) is 1.36. The normalized spacial score (nSPS) is 12.7. The molecule has 1 unspecified atom stereocenters. The fourth-order valence-electron chi connectivity index (χ4n) is 1.93. The lowest BCUT2D eigenvalue weighted by molar-refractivity contribution is 0.242. The van der Waals surface area contributed by atoms with E-state index in [1.54, 1.807) is 0 Å². The van der Waals surface area contributed by atoms with Gasteiger partial charge in [-0.3, -0.25) is 0 Å². The quantitative estimate of drug-likeness (QED) is 0.708. The van der Waals surface area contributed by atoms with E-state index in [0.29, 0.717) is 6.04 Å². The molecule has 0 radical (unpaired) electrons. The molecule has 1 N–H and O–H groups in total. The first kappa shape index (κ1) is 15.0. The molecule has 0 heterocycles. The molecule has 2 nitrogen and oxygen atoms in total. The Bertz CT molecular complexity index is 318. The summed E-state index contributed by atoms with van der Waals surface area (Å²) < 4.78 is 5.64. The van der Waals surface area contributed by atoms with E-state index in [1.807, 2.05) is 13.8 Å². The third kappa shape index (κ3) is 6.06. The van der Waals surface area contributed by atoms with Crippen molar-refractivity contribution in [2.24, 2.45) is 0 Å². The predicted octanol–water partition coefficient (Wildman–Crippen LogP) is 3.79. The maximum absolute atomic E-state index is 5.64. The number of rotatable bonds is 8. The second-order valence-electron chi connectivity index (χ2n) is 5.22. The minimum atomic E-state index is 0.241. The summed E-state index contributed by atoms with van der Waals surface area (Å²) in [5.74, 6) is 0.959. The van der Waals surface area contributed by atoms with Gasteiger partial charge in [0.15, 0.2) is 0 Å². The number of nitrogens with one attached hydrogen (secondary N) is 1. The van der Waals surface area contributed by atoms with Crippen LogP contribution in [0.4, 0.5) is 0 Å². The van der Waals surface area contributed by atoms with Crippen molar-refractivity contribution < 1.29 is 4.74 Å². The molecule has 0 aliphatic carbocycles. The molecule has 1 aromatic rings. The van der Waals surface area contributed by atoms with Gasteiger partial charge in [-0.2, -0.15) is 0 Å². The van der Waals surface area contributed by atoms with E-state index in [9.17, 15) is 0 Å². The van der Waals surface area contributed by atoms with Crippen molar-refractivity contribution >= 4 is 0 Å². The van der Waals surface area contributed by atoms with Gasteiger partial charge >= 0.3 is 0 Å². The standard InChI is InChI=1S/C16H27NO/c1-5-6-11-17-14(4)12-15-7-9-16(10-8-15)18-13(2)3/h7-10,13-14,17H,5-6,11-12H2,1-4H3. The Morgan fingerprint density at radius 2 is 1.78 bits per heavy atom. The van der Waals surface area contributed by atoms with Gasteiger partial charge in [0.2, 0.25) is 0 Å². The average molecular weight is 249 g/mol. The lowest BCUT2D eigenvalue weighted by Gasteiger charge is -2.14. The molecule has 0 bridgehead atoms. The van der Waals surface area contributed by atoms with Gasteiger partial charge in [-0.1, -0.05) is 25.5 Å². The largest absolute Gasteiger partial charge is 0.491 e. The zero-order chi connectivity index (χ0) is 13.4. The zero-order valence-electron chi connectivity index (χ0n) is 12.2. The molecule has 0 saturated heterocycles. The van der Waals surface area contributed by atoms with Gasteiger partial charge in [0, 0.05) is 6.04 Å². The molecule has 1 rings (SSSR count). The second kappa shape index (κ2) is 8.15. The molecule has 0 aliphatic heterocycles. The van der Waals surface area contributed by atoms with Crippen molar-refractivity contribution in [2.45, 2.75) is 59.1 Å². The van der Waals surface area contributed by atoms with E-state index in [-0.39, 0.29) is 6.10 Å². The summed E-state index contributed by atoms with van der Waals surface area (Å²) in [4.78, 5) is 0. The van der Waals surface area contributed by atoms with Crippen LogP contribution in [-0.4, -0.2) is 18.7 Å². The lowest BCUT2D eigenvalue weighted by atomic mass is 10.1. The highest BCUT2D eigenvalue weighted by molar-refractivity contribution is 5.27. The minimum absolute atomic E-state index is 0.241. The Hall–Kier alpha value is -1.02. The molecule has 0 fully saturated rings. The monoisotopic (exact) mass is 249 g/mol. The Kier molecular flexibility index (Phi) is 6.81.